The lowest BCUT2D eigenvalue weighted by Crippen LogP contribution is -2.15. The molecule has 4 rings (SSSR count). The van der Waals surface area contributed by atoms with Gasteiger partial charge in [0, 0.05) is 29.1 Å². The zero-order valence-corrected chi connectivity index (χ0v) is 21.7. The minimum Gasteiger partial charge on any atom is -0.495 e. The monoisotopic (exact) mass is 541 g/mol. The Morgan fingerprint density at radius 1 is 1.16 bits per heavy atom. The van der Waals surface area contributed by atoms with Gasteiger partial charge < -0.3 is 15.4 Å². The maximum atomic E-state index is 12.8. The molecule has 0 aliphatic rings. The largest absolute Gasteiger partial charge is 0.495 e. The van der Waals surface area contributed by atoms with Gasteiger partial charge >= 0.3 is 0 Å². The van der Waals surface area contributed by atoms with E-state index in [0.717, 1.165) is 5.56 Å². The van der Waals surface area contributed by atoms with Gasteiger partial charge in [0.05, 0.1) is 40.8 Å². The molecule has 1 amide bonds. The Balaban J connectivity index is 1.55. The summed E-state index contributed by atoms with van der Waals surface area (Å²) in [6.07, 6.45) is 5.03. The fraction of sp³-hybridized carbons (Fsp3) is 0.167. The number of nitrogens with two attached hydrogens (primary N) is 1. The molecule has 37 heavy (non-hydrogen) atoms. The summed E-state index contributed by atoms with van der Waals surface area (Å²) >= 11 is 6.34. The van der Waals surface area contributed by atoms with E-state index in [4.69, 9.17) is 21.5 Å². The summed E-state index contributed by atoms with van der Waals surface area (Å²) in [6, 6.07) is 10.6. The molecule has 192 valence electrons. The highest BCUT2D eigenvalue weighted by molar-refractivity contribution is 7.89. The van der Waals surface area contributed by atoms with Gasteiger partial charge in [0.2, 0.25) is 16.0 Å². The zero-order valence-electron chi connectivity index (χ0n) is 20.1. The van der Waals surface area contributed by atoms with Crippen LogP contribution in [0.3, 0.4) is 0 Å². The Labute approximate surface area is 218 Å². The Morgan fingerprint density at radius 2 is 1.95 bits per heavy atom. The van der Waals surface area contributed by atoms with Gasteiger partial charge in [0.25, 0.3) is 5.91 Å². The lowest BCUT2D eigenvalue weighted by atomic mass is 10.1. The van der Waals surface area contributed by atoms with Crippen molar-refractivity contribution in [2.75, 3.05) is 17.7 Å². The van der Waals surface area contributed by atoms with Crippen LogP contribution in [0.2, 0.25) is 5.02 Å². The third-order valence-electron chi connectivity index (χ3n) is 5.28. The van der Waals surface area contributed by atoms with Crippen molar-refractivity contribution in [2.45, 2.75) is 24.8 Å². The number of benzene rings is 2. The summed E-state index contributed by atoms with van der Waals surface area (Å²) in [4.78, 5) is 21.4. The molecule has 0 saturated carbocycles. The molecule has 13 heteroatoms. The molecule has 4 N–H and O–H groups in total. The first kappa shape index (κ1) is 26.1. The Kier molecular flexibility index (Phi) is 7.43. The number of amides is 1. The highest BCUT2D eigenvalue weighted by Crippen LogP contribution is 2.31. The van der Waals surface area contributed by atoms with E-state index < -0.39 is 15.9 Å². The third kappa shape index (κ3) is 6.05. The van der Waals surface area contributed by atoms with E-state index in [9.17, 15) is 13.2 Å². The Hall–Kier alpha value is -4.00. The minimum absolute atomic E-state index is 0.110. The Morgan fingerprint density at radius 3 is 2.62 bits per heavy atom. The molecule has 0 unspecified atom stereocenters. The summed E-state index contributed by atoms with van der Waals surface area (Å²) < 4.78 is 30.4. The summed E-state index contributed by atoms with van der Waals surface area (Å²) in [7, 11) is -2.44. The van der Waals surface area contributed by atoms with Crippen molar-refractivity contribution >= 4 is 44.9 Å². The summed E-state index contributed by atoms with van der Waals surface area (Å²) in [5, 5.41) is 15.6. The average molecular weight is 542 g/mol. The molecule has 0 saturated heterocycles. The molecule has 0 bridgehead atoms. The standard InChI is InChI=1S/C24H24ClN7O4S/c1-14(2)32-13-16(11-28-32)22-19(25)12-27-24(31-22)30-20-8-7-15(9-21(20)36-3)23(33)29-17-5-4-6-18(10-17)37(26,34)35/h4-14H,1-3H3,(H,29,33)(H2,26,34,35)(H,27,30,31). The van der Waals surface area contributed by atoms with Crippen molar-refractivity contribution in [3.63, 3.8) is 0 Å². The molecule has 0 radical (unpaired) electrons. The first-order valence-corrected chi connectivity index (χ1v) is 12.9. The minimum atomic E-state index is -3.90. The number of hydrogen-bond donors (Lipinski definition) is 3. The molecule has 4 aromatic rings. The van der Waals surface area contributed by atoms with Crippen molar-refractivity contribution in [2.24, 2.45) is 5.14 Å². The van der Waals surface area contributed by atoms with Gasteiger partial charge in [0.15, 0.2) is 0 Å². The molecule has 2 aromatic carbocycles. The number of halogens is 1. The molecule has 0 aliphatic carbocycles. The van der Waals surface area contributed by atoms with Crippen LogP contribution in [0.4, 0.5) is 17.3 Å². The highest BCUT2D eigenvalue weighted by Gasteiger charge is 2.15. The van der Waals surface area contributed by atoms with Crippen LogP contribution in [0.15, 0.2) is 66.0 Å². The normalized spacial score (nSPS) is 11.4. The van der Waals surface area contributed by atoms with E-state index in [1.54, 1.807) is 29.1 Å². The van der Waals surface area contributed by atoms with Crippen molar-refractivity contribution in [3.05, 3.63) is 71.6 Å². The molecular weight excluding hydrogens is 518 g/mol. The van der Waals surface area contributed by atoms with Gasteiger partial charge in [-0.2, -0.15) is 5.10 Å². The van der Waals surface area contributed by atoms with Crippen molar-refractivity contribution < 1.29 is 17.9 Å². The van der Waals surface area contributed by atoms with Crippen LogP contribution in [0.1, 0.15) is 30.2 Å². The van der Waals surface area contributed by atoms with Crippen molar-refractivity contribution in [1.29, 1.82) is 0 Å². The average Bonchev–Trinajstić information content (AvgIpc) is 3.35. The van der Waals surface area contributed by atoms with E-state index in [2.05, 4.69) is 25.7 Å². The first-order chi connectivity index (χ1) is 17.5. The van der Waals surface area contributed by atoms with Gasteiger partial charge in [0.1, 0.15) is 5.75 Å². The summed E-state index contributed by atoms with van der Waals surface area (Å²) in [5.74, 6) is 0.161. The second-order valence-electron chi connectivity index (χ2n) is 8.26. The number of carbonyl (C=O) groups is 1. The van der Waals surface area contributed by atoms with Crippen molar-refractivity contribution in [1.82, 2.24) is 19.7 Å². The molecular formula is C24H24ClN7O4S. The zero-order chi connectivity index (χ0) is 26.7. The number of sulfonamides is 1. The number of rotatable bonds is 8. The van der Waals surface area contributed by atoms with E-state index in [-0.39, 0.29) is 28.1 Å². The lowest BCUT2D eigenvalue weighted by molar-refractivity contribution is 0.102. The molecule has 0 spiro atoms. The number of ether oxygens (including phenoxy) is 1. The van der Waals surface area contributed by atoms with Gasteiger partial charge in [-0.05, 0) is 50.2 Å². The number of nitrogens with zero attached hydrogens (tertiary/aromatic N) is 4. The van der Waals surface area contributed by atoms with Crippen LogP contribution in [-0.2, 0) is 10.0 Å². The van der Waals surface area contributed by atoms with Gasteiger partial charge in [-0.1, -0.05) is 17.7 Å². The number of carbonyl (C=O) groups excluding carboxylic acids is 1. The summed E-state index contributed by atoms with van der Waals surface area (Å²) in [6.45, 7) is 4.03. The molecule has 0 aliphatic heterocycles. The van der Waals surface area contributed by atoms with Crippen LogP contribution in [0.5, 0.6) is 5.75 Å². The summed E-state index contributed by atoms with van der Waals surface area (Å²) in [5.41, 5.74) is 2.33. The van der Waals surface area contributed by atoms with E-state index >= 15 is 0 Å². The lowest BCUT2D eigenvalue weighted by Gasteiger charge is -2.13. The number of methoxy groups -OCH3 is 1. The second-order valence-corrected chi connectivity index (χ2v) is 10.2. The van der Waals surface area contributed by atoms with E-state index in [0.29, 0.717) is 22.2 Å². The molecule has 11 nitrogen and oxygen atoms in total. The number of hydrogen-bond acceptors (Lipinski definition) is 8. The number of primary sulfonamides is 1. The van der Waals surface area contributed by atoms with Gasteiger partial charge in [-0.15, -0.1) is 0 Å². The van der Waals surface area contributed by atoms with E-state index in [1.165, 1.54) is 37.6 Å². The Bertz CT molecular complexity index is 1570. The van der Waals surface area contributed by atoms with Gasteiger partial charge in [-0.25, -0.2) is 23.5 Å². The fourth-order valence-electron chi connectivity index (χ4n) is 3.38. The fourth-order valence-corrected chi connectivity index (χ4v) is 4.14. The molecule has 2 aromatic heterocycles. The van der Waals surface area contributed by atoms with Gasteiger partial charge in [-0.3, -0.25) is 9.48 Å². The van der Waals surface area contributed by atoms with Crippen LogP contribution in [-0.4, -0.2) is 41.2 Å². The number of anilines is 3. The molecule has 2 heterocycles. The van der Waals surface area contributed by atoms with E-state index in [1.807, 2.05) is 20.0 Å². The maximum Gasteiger partial charge on any atom is 0.255 e. The maximum absolute atomic E-state index is 12.8. The predicted octanol–water partition coefficient (Wildman–Crippen LogP) is 4.23. The first-order valence-electron chi connectivity index (χ1n) is 11.0. The van der Waals surface area contributed by atoms with Crippen LogP contribution >= 0.6 is 11.6 Å². The topological polar surface area (TPSA) is 154 Å². The number of aromatic nitrogens is 4. The quantitative estimate of drug-likeness (QED) is 0.299. The SMILES string of the molecule is COc1cc(C(=O)Nc2cccc(S(N)(=O)=O)c2)ccc1Nc1ncc(Cl)c(-c2cnn(C(C)C)c2)n1. The predicted molar refractivity (Wildman–Crippen MR) is 141 cm³/mol. The van der Waals surface area contributed by atoms with Crippen LogP contribution < -0.4 is 20.5 Å². The smallest absolute Gasteiger partial charge is 0.255 e. The van der Waals surface area contributed by atoms with Crippen molar-refractivity contribution in [3.8, 4) is 17.0 Å². The second kappa shape index (κ2) is 10.5. The number of nitrogens with one attached hydrogen (secondary N) is 2. The van der Waals surface area contributed by atoms with Crippen LogP contribution in [0.25, 0.3) is 11.3 Å². The third-order valence-corrected chi connectivity index (χ3v) is 6.47. The molecule has 0 atom stereocenters. The molecule has 0 fully saturated rings. The highest BCUT2D eigenvalue weighted by atomic mass is 35.5. The van der Waals surface area contributed by atoms with Crippen LogP contribution in [0, 0.1) is 0 Å².